The fourth-order valence-electron chi connectivity index (χ4n) is 3.76. The van der Waals surface area contributed by atoms with E-state index in [2.05, 4.69) is 25.8 Å². The van der Waals surface area contributed by atoms with E-state index < -0.39 is 6.17 Å². The van der Waals surface area contributed by atoms with E-state index in [4.69, 9.17) is 16.3 Å². The number of alkyl halides is 1. The summed E-state index contributed by atoms with van der Waals surface area (Å²) in [7, 11) is 1.45. The van der Waals surface area contributed by atoms with E-state index in [1.807, 2.05) is 0 Å². The van der Waals surface area contributed by atoms with Gasteiger partial charge in [0.2, 0.25) is 11.8 Å². The van der Waals surface area contributed by atoms with E-state index in [1.165, 1.54) is 29.1 Å². The van der Waals surface area contributed by atoms with Crippen molar-refractivity contribution in [1.82, 2.24) is 30.1 Å². The van der Waals surface area contributed by atoms with Gasteiger partial charge < -0.3 is 15.0 Å². The van der Waals surface area contributed by atoms with Crippen molar-refractivity contribution in [2.24, 2.45) is 4.99 Å². The zero-order valence-electron chi connectivity index (χ0n) is 18.0. The maximum Gasteiger partial charge on any atom is 0.256 e. The van der Waals surface area contributed by atoms with Crippen molar-refractivity contribution >= 4 is 35.3 Å². The summed E-state index contributed by atoms with van der Waals surface area (Å²) < 4.78 is 19.9. The predicted molar refractivity (Wildman–Crippen MR) is 122 cm³/mol. The fourth-order valence-corrected chi connectivity index (χ4v) is 3.92. The second-order valence-corrected chi connectivity index (χ2v) is 8.21. The Morgan fingerprint density at radius 3 is 2.97 bits per heavy atom. The molecule has 0 aliphatic carbocycles. The highest BCUT2D eigenvalue weighted by Gasteiger charge is 2.31. The normalized spacial score (nSPS) is 17.1. The summed E-state index contributed by atoms with van der Waals surface area (Å²) in [5.41, 5.74) is 4.57. The van der Waals surface area contributed by atoms with Crippen LogP contribution in [0.15, 0.2) is 47.1 Å². The molecule has 0 aromatic carbocycles. The van der Waals surface area contributed by atoms with Crippen molar-refractivity contribution in [2.45, 2.75) is 12.7 Å². The molecule has 3 aliphatic heterocycles. The molecule has 2 N–H and O–H groups in total. The molecule has 0 saturated carbocycles. The minimum atomic E-state index is -1.000. The number of methoxy groups -OCH3 is 1. The first-order valence-corrected chi connectivity index (χ1v) is 10.8. The third-order valence-electron chi connectivity index (χ3n) is 5.48. The average Bonchev–Trinajstić information content (AvgIpc) is 3.40. The van der Waals surface area contributed by atoms with Gasteiger partial charge in [-0.25, -0.2) is 19.8 Å². The number of hydrazine groups is 1. The van der Waals surface area contributed by atoms with E-state index >= 15 is 0 Å². The fraction of sp³-hybridized carbons (Fsp3) is 0.286. The Balaban J connectivity index is 1.47. The number of aliphatic imine (C=N–C) groups is 1. The summed E-state index contributed by atoms with van der Waals surface area (Å²) >= 11 is 6.15. The van der Waals surface area contributed by atoms with Crippen LogP contribution in [0, 0.1) is 0 Å². The highest BCUT2D eigenvalue weighted by atomic mass is 35.5. The molecule has 2 aromatic heterocycles. The molecule has 3 aliphatic rings. The van der Waals surface area contributed by atoms with Crippen LogP contribution in [0.1, 0.15) is 0 Å². The molecule has 0 bridgehead atoms. The Kier molecular flexibility index (Phi) is 5.75. The molecule has 0 unspecified atom stereocenters. The number of pyridine rings is 1. The Hall–Kier alpha value is -3.77. The number of hydrogen-bond acceptors (Lipinski definition) is 8. The van der Waals surface area contributed by atoms with Crippen molar-refractivity contribution in [3.63, 3.8) is 0 Å². The molecule has 34 heavy (non-hydrogen) atoms. The molecule has 0 radical (unpaired) electrons. The lowest BCUT2D eigenvalue weighted by atomic mass is 10.1. The largest absolute Gasteiger partial charge is 0.481 e. The van der Waals surface area contributed by atoms with Gasteiger partial charge in [-0.1, -0.05) is 11.6 Å². The number of aromatic nitrogens is 3. The molecular weight excluding hydrogens is 467 g/mol. The number of ether oxygens (including phenoxy) is 1. The van der Waals surface area contributed by atoms with Gasteiger partial charge in [0.1, 0.15) is 18.4 Å². The molecule has 5 heterocycles. The third kappa shape index (κ3) is 4.13. The van der Waals surface area contributed by atoms with Crippen LogP contribution in [0.4, 0.5) is 10.1 Å². The zero-order chi connectivity index (χ0) is 23.8. The molecule has 1 fully saturated rings. The lowest BCUT2D eigenvalue weighted by Crippen LogP contribution is -2.52. The number of allylic oxidation sites excluding steroid dienone is 1. The number of rotatable bonds is 6. The second-order valence-electron chi connectivity index (χ2n) is 7.78. The van der Waals surface area contributed by atoms with Gasteiger partial charge in [-0.2, -0.15) is 5.10 Å². The number of fused-ring (bicyclic) bond motifs is 1. The number of nitrogens with one attached hydrogen (secondary N) is 2. The van der Waals surface area contributed by atoms with E-state index in [9.17, 15) is 14.0 Å². The smallest absolute Gasteiger partial charge is 0.256 e. The molecule has 2 aromatic rings. The SMILES string of the molecule is COc1ncc(Cl)cc1-c1nn(CC(=O)N2CC(F)C2)cc1NC(=O)C1=C2N=CC=CN2NC1. The topological polar surface area (TPSA) is 117 Å². The van der Waals surface area contributed by atoms with Gasteiger partial charge in [0.15, 0.2) is 5.82 Å². The highest BCUT2D eigenvalue weighted by molar-refractivity contribution is 6.30. The quantitative estimate of drug-likeness (QED) is 0.633. The molecule has 0 spiro atoms. The molecule has 0 atom stereocenters. The second kappa shape index (κ2) is 8.88. The molecule has 2 amide bonds. The van der Waals surface area contributed by atoms with Crippen molar-refractivity contribution in [2.75, 3.05) is 32.1 Å². The van der Waals surface area contributed by atoms with Crippen molar-refractivity contribution < 1.29 is 18.7 Å². The van der Waals surface area contributed by atoms with Crippen LogP contribution in [-0.4, -0.2) is 75.6 Å². The van der Waals surface area contributed by atoms with Gasteiger partial charge >= 0.3 is 0 Å². The minimum Gasteiger partial charge on any atom is -0.481 e. The maximum absolute atomic E-state index is 13.2. The predicted octanol–water partition coefficient (Wildman–Crippen LogP) is 1.36. The Bertz CT molecular complexity index is 1250. The van der Waals surface area contributed by atoms with E-state index in [0.29, 0.717) is 33.4 Å². The molecule has 176 valence electrons. The number of anilines is 1. The first-order chi connectivity index (χ1) is 16.4. The van der Waals surface area contributed by atoms with Crippen LogP contribution in [-0.2, 0) is 16.1 Å². The lowest BCUT2D eigenvalue weighted by molar-refractivity contribution is -0.139. The first kappa shape index (κ1) is 22.0. The van der Waals surface area contributed by atoms with Gasteiger partial charge in [-0.05, 0) is 12.1 Å². The van der Waals surface area contributed by atoms with Gasteiger partial charge in [-0.3, -0.25) is 19.3 Å². The van der Waals surface area contributed by atoms with E-state index in [0.717, 1.165) is 0 Å². The Morgan fingerprint density at radius 2 is 2.21 bits per heavy atom. The van der Waals surface area contributed by atoms with Gasteiger partial charge in [0, 0.05) is 31.4 Å². The first-order valence-electron chi connectivity index (χ1n) is 10.4. The number of halogens is 2. The van der Waals surface area contributed by atoms with E-state index in [1.54, 1.807) is 29.6 Å². The lowest BCUT2D eigenvalue weighted by Gasteiger charge is -2.34. The molecule has 5 rings (SSSR count). The zero-order valence-corrected chi connectivity index (χ0v) is 18.8. The summed E-state index contributed by atoms with van der Waals surface area (Å²) in [6.07, 6.45) is 7.07. The summed E-state index contributed by atoms with van der Waals surface area (Å²) in [4.78, 5) is 35.5. The molecule has 11 nitrogen and oxygen atoms in total. The monoisotopic (exact) mass is 486 g/mol. The van der Waals surface area contributed by atoms with Crippen LogP contribution in [0.5, 0.6) is 5.88 Å². The number of carbonyl (C=O) groups is 2. The highest BCUT2D eigenvalue weighted by Crippen LogP contribution is 2.35. The average molecular weight is 487 g/mol. The van der Waals surface area contributed by atoms with Crippen LogP contribution in [0.3, 0.4) is 0 Å². The summed E-state index contributed by atoms with van der Waals surface area (Å²) in [5, 5.41) is 9.35. The number of nitrogens with zero attached hydrogens (tertiary/aromatic N) is 6. The Morgan fingerprint density at radius 1 is 1.38 bits per heavy atom. The van der Waals surface area contributed by atoms with Crippen molar-refractivity contribution in [1.29, 1.82) is 0 Å². The van der Waals surface area contributed by atoms with Gasteiger partial charge in [-0.15, -0.1) is 0 Å². The standard InChI is InChI=1S/C21H20ClFN8O3/c1-34-21-14(5-12(22)6-25-21)18-16(10-30(28-18)11-17(32)29-8-13(23)9-29)27-20(33)15-7-26-31-4-2-3-24-19(15)31/h2-6,10,13,26H,7-9,11H2,1H3,(H,27,33). The minimum absolute atomic E-state index is 0.0674. The van der Waals surface area contributed by atoms with Gasteiger partial charge in [0.05, 0.1) is 42.0 Å². The van der Waals surface area contributed by atoms with Crippen LogP contribution in [0.25, 0.3) is 11.3 Å². The van der Waals surface area contributed by atoms with Crippen LogP contribution >= 0.6 is 11.6 Å². The summed E-state index contributed by atoms with van der Waals surface area (Å²) in [6.45, 7) is 0.298. The van der Waals surface area contributed by atoms with Crippen LogP contribution in [0.2, 0.25) is 5.02 Å². The number of hydrogen-bond donors (Lipinski definition) is 2. The third-order valence-corrected chi connectivity index (χ3v) is 5.69. The Labute approximate surface area is 198 Å². The molecular formula is C21H20ClFN8O3. The van der Waals surface area contributed by atoms with Crippen molar-refractivity contribution in [3.05, 3.63) is 47.2 Å². The number of carbonyl (C=O) groups excluding carboxylic acids is 2. The van der Waals surface area contributed by atoms with Gasteiger partial charge in [0.25, 0.3) is 5.91 Å². The number of likely N-dealkylation sites (tertiary alicyclic amines) is 1. The summed E-state index contributed by atoms with van der Waals surface area (Å²) in [6, 6.07) is 1.61. The van der Waals surface area contributed by atoms with E-state index in [-0.39, 0.29) is 43.9 Å². The maximum atomic E-state index is 13.2. The molecule has 13 heteroatoms. The number of amides is 2. The van der Waals surface area contributed by atoms with Crippen molar-refractivity contribution in [3.8, 4) is 17.1 Å². The summed E-state index contributed by atoms with van der Waals surface area (Å²) in [5.74, 6) is 0.0735. The molecule has 1 saturated heterocycles. The van der Waals surface area contributed by atoms with Crippen LogP contribution < -0.4 is 15.5 Å².